The summed E-state index contributed by atoms with van der Waals surface area (Å²) < 4.78 is 21.9. The number of likely N-dealkylation sites (tertiary alicyclic amines) is 2. The molecule has 2 aliphatic carbocycles. The highest BCUT2D eigenvalue weighted by Crippen LogP contribution is 2.55. The van der Waals surface area contributed by atoms with Crippen LogP contribution in [0.4, 0.5) is 9.59 Å². The number of carbonyl (C=O) groups is 4. The number of imidazole rings is 2. The van der Waals surface area contributed by atoms with Crippen molar-refractivity contribution < 1.29 is 38.1 Å². The Bertz CT molecular complexity index is 2410. The van der Waals surface area contributed by atoms with Crippen molar-refractivity contribution in [3.8, 4) is 33.6 Å². The van der Waals surface area contributed by atoms with Crippen molar-refractivity contribution >= 4 is 24.0 Å². The monoisotopic (exact) mass is 890 g/mol. The molecule has 346 valence electrons. The molecule has 5 heterocycles. The van der Waals surface area contributed by atoms with Crippen LogP contribution < -0.4 is 10.6 Å². The standard InChI is InChI=1S/C49H62N8O8/c1-28(2)40(54-46(60)62-5)44(58)56-21-9-10-37(56)42-50-25-35(52-42)31-13-11-30(12-14-31)32-15-16-33(34-17-20-48(39(32)34)18-7-8-19-48)36-26-51-43(53-36)38-24-49(64-22-23-65-49)27-57(38)45(59)41(29(3)4)55-47(61)63-6/h11-16,25-26,28-29,37-38,40-41H,7-10,17-24,27H2,1-6H3,(H,50,52)(H,51,53)(H,54,60)(H,55,61)/t37-,38-,40-,41-/m0/s1. The highest BCUT2D eigenvalue weighted by molar-refractivity contribution is 5.87. The molecule has 9 rings (SSSR count). The third kappa shape index (κ3) is 8.28. The predicted molar refractivity (Wildman–Crippen MR) is 241 cm³/mol. The molecule has 4 aromatic rings. The number of nitrogens with zero attached hydrogens (tertiary/aromatic N) is 4. The van der Waals surface area contributed by atoms with Crippen LogP contribution in [-0.4, -0.2) is 112 Å². The van der Waals surface area contributed by atoms with Gasteiger partial charge in [-0.1, -0.05) is 76.9 Å². The van der Waals surface area contributed by atoms with E-state index in [-0.39, 0.29) is 41.7 Å². The second-order valence-corrected chi connectivity index (χ2v) is 19.1. The number of aromatic nitrogens is 4. The molecule has 0 bridgehead atoms. The molecule has 4 fully saturated rings. The fourth-order valence-electron chi connectivity index (χ4n) is 11.3. The van der Waals surface area contributed by atoms with Gasteiger partial charge in [-0.25, -0.2) is 19.6 Å². The van der Waals surface area contributed by atoms with Gasteiger partial charge in [-0.15, -0.1) is 0 Å². The molecular formula is C49H62N8O8. The average molecular weight is 891 g/mol. The second-order valence-electron chi connectivity index (χ2n) is 19.1. The van der Waals surface area contributed by atoms with E-state index in [2.05, 4.69) is 57.0 Å². The molecule has 4 N–H and O–H groups in total. The molecule has 1 saturated carbocycles. The zero-order chi connectivity index (χ0) is 45.6. The molecule has 0 radical (unpaired) electrons. The SMILES string of the molecule is COC(=O)N[C@H](C(=O)N1CCC[C@H]1c1ncc(-c2ccc(-c3ccc(-c4cnc([C@@H]5CC6(CN5C(=O)[C@@H](NC(=O)OC)C(C)C)OCCO6)[nH]4)c4c3C3(CCCC3)CC4)cc2)[nH]1)C(C)C. The Morgan fingerprint density at radius 1 is 0.723 bits per heavy atom. The molecule has 16 nitrogen and oxygen atoms in total. The largest absolute Gasteiger partial charge is 0.453 e. The van der Waals surface area contributed by atoms with Crippen LogP contribution in [0.15, 0.2) is 48.8 Å². The average Bonchev–Trinajstić information content (AvgIpc) is 4.18. The summed E-state index contributed by atoms with van der Waals surface area (Å²) in [5, 5.41) is 5.46. The summed E-state index contributed by atoms with van der Waals surface area (Å²) in [6.07, 6.45) is 11.3. The fourth-order valence-corrected chi connectivity index (χ4v) is 11.3. The smallest absolute Gasteiger partial charge is 0.407 e. The van der Waals surface area contributed by atoms with Crippen LogP contribution in [0.5, 0.6) is 0 Å². The normalized spacial score (nSPS) is 21.7. The molecule has 2 aromatic carbocycles. The van der Waals surface area contributed by atoms with E-state index in [0.29, 0.717) is 32.0 Å². The number of methoxy groups -OCH3 is 2. The molecule has 4 atom stereocenters. The van der Waals surface area contributed by atoms with Gasteiger partial charge < -0.3 is 49.3 Å². The number of rotatable bonds is 11. The maximum Gasteiger partial charge on any atom is 0.407 e. The number of carbonyl (C=O) groups excluding carboxylic acids is 4. The van der Waals surface area contributed by atoms with Gasteiger partial charge in [-0.05, 0) is 83.6 Å². The van der Waals surface area contributed by atoms with Gasteiger partial charge in [-0.2, -0.15) is 0 Å². The van der Waals surface area contributed by atoms with Gasteiger partial charge in [0.2, 0.25) is 11.8 Å². The Kier molecular flexibility index (Phi) is 12.3. The van der Waals surface area contributed by atoms with Gasteiger partial charge in [0.05, 0.1) is 69.8 Å². The van der Waals surface area contributed by atoms with Gasteiger partial charge in [0.15, 0.2) is 5.79 Å². The van der Waals surface area contributed by atoms with Crippen LogP contribution in [0.25, 0.3) is 33.6 Å². The van der Waals surface area contributed by atoms with E-state index in [9.17, 15) is 19.2 Å². The predicted octanol–water partition coefficient (Wildman–Crippen LogP) is 7.33. The number of aromatic amines is 2. The van der Waals surface area contributed by atoms with E-state index in [1.54, 1.807) is 4.90 Å². The molecule has 2 aromatic heterocycles. The Hall–Kier alpha value is -5.74. The lowest BCUT2D eigenvalue weighted by molar-refractivity contribution is -0.153. The van der Waals surface area contributed by atoms with Crippen LogP contribution in [0.3, 0.4) is 0 Å². The first-order valence-electron chi connectivity index (χ1n) is 23.3. The summed E-state index contributed by atoms with van der Waals surface area (Å²) in [6.45, 7) is 9.32. The van der Waals surface area contributed by atoms with E-state index >= 15 is 0 Å². The summed E-state index contributed by atoms with van der Waals surface area (Å²) in [5.74, 6) is -0.234. The number of hydrogen-bond acceptors (Lipinski definition) is 10. The molecule has 0 unspecified atom stereocenters. The van der Waals surface area contributed by atoms with Crippen LogP contribution in [0.1, 0.15) is 114 Å². The number of hydrogen-bond donors (Lipinski definition) is 4. The number of alkyl carbamates (subject to hydrolysis) is 2. The van der Waals surface area contributed by atoms with Crippen molar-refractivity contribution in [2.45, 2.75) is 121 Å². The van der Waals surface area contributed by atoms with Crippen molar-refractivity contribution in [2.75, 3.05) is 40.5 Å². The van der Waals surface area contributed by atoms with Crippen LogP contribution in [0.2, 0.25) is 0 Å². The lowest BCUT2D eigenvalue weighted by Gasteiger charge is -2.30. The molecule has 4 amide bonds. The lowest BCUT2D eigenvalue weighted by Crippen LogP contribution is -2.52. The van der Waals surface area contributed by atoms with Crippen LogP contribution in [0, 0.1) is 11.8 Å². The Morgan fingerprint density at radius 2 is 1.29 bits per heavy atom. The third-order valence-electron chi connectivity index (χ3n) is 14.6. The van der Waals surface area contributed by atoms with E-state index in [1.165, 1.54) is 43.8 Å². The van der Waals surface area contributed by atoms with Crippen molar-refractivity contribution in [1.29, 1.82) is 0 Å². The molecule has 3 saturated heterocycles. The highest BCUT2D eigenvalue weighted by Gasteiger charge is 2.53. The molecule has 3 aliphatic heterocycles. The highest BCUT2D eigenvalue weighted by atomic mass is 16.7. The summed E-state index contributed by atoms with van der Waals surface area (Å²) in [4.78, 5) is 72.8. The first-order chi connectivity index (χ1) is 31.3. The van der Waals surface area contributed by atoms with Gasteiger partial charge in [0.1, 0.15) is 23.7 Å². The minimum atomic E-state index is -0.937. The summed E-state index contributed by atoms with van der Waals surface area (Å²) in [5.41, 5.74) is 9.21. The van der Waals surface area contributed by atoms with Crippen molar-refractivity contribution in [2.24, 2.45) is 11.8 Å². The quantitative estimate of drug-likeness (QED) is 0.119. The number of ether oxygens (including phenoxy) is 4. The van der Waals surface area contributed by atoms with E-state index < -0.39 is 36.1 Å². The Balaban J connectivity index is 0.984. The molecule has 16 heteroatoms. The Morgan fingerprint density at radius 3 is 1.92 bits per heavy atom. The number of amides is 4. The van der Waals surface area contributed by atoms with Gasteiger partial charge in [0, 0.05) is 18.5 Å². The summed E-state index contributed by atoms with van der Waals surface area (Å²) in [7, 11) is 2.59. The minimum absolute atomic E-state index is 0.113. The summed E-state index contributed by atoms with van der Waals surface area (Å²) in [6, 6.07) is 11.0. The number of benzene rings is 2. The van der Waals surface area contributed by atoms with Crippen molar-refractivity contribution in [1.82, 2.24) is 40.4 Å². The topological polar surface area (TPSA) is 193 Å². The van der Waals surface area contributed by atoms with E-state index in [1.807, 2.05) is 45.0 Å². The first-order valence-corrected chi connectivity index (χ1v) is 23.3. The number of fused-ring (bicyclic) bond motifs is 2. The van der Waals surface area contributed by atoms with E-state index in [0.717, 1.165) is 72.4 Å². The molecule has 2 spiro atoms. The maximum absolute atomic E-state index is 14.2. The fraction of sp³-hybridized carbons (Fsp3) is 0.551. The van der Waals surface area contributed by atoms with Gasteiger partial charge >= 0.3 is 12.2 Å². The number of H-pyrrole nitrogens is 2. The van der Waals surface area contributed by atoms with Gasteiger partial charge in [0.25, 0.3) is 0 Å². The molecule has 5 aliphatic rings. The summed E-state index contributed by atoms with van der Waals surface area (Å²) >= 11 is 0. The zero-order valence-corrected chi connectivity index (χ0v) is 38.3. The minimum Gasteiger partial charge on any atom is -0.453 e. The Labute approximate surface area is 379 Å². The molecular weight excluding hydrogens is 829 g/mol. The molecule has 65 heavy (non-hydrogen) atoms. The second kappa shape index (κ2) is 17.9. The third-order valence-corrected chi connectivity index (χ3v) is 14.6. The van der Waals surface area contributed by atoms with Crippen molar-refractivity contribution in [3.63, 3.8) is 0 Å². The zero-order valence-electron chi connectivity index (χ0n) is 38.3. The first kappa shape index (κ1) is 44.5. The maximum atomic E-state index is 14.2. The lowest BCUT2D eigenvalue weighted by atomic mass is 9.76. The van der Waals surface area contributed by atoms with Crippen LogP contribution in [-0.2, 0) is 40.4 Å². The van der Waals surface area contributed by atoms with E-state index in [4.69, 9.17) is 28.9 Å². The van der Waals surface area contributed by atoms with Crippen molar-refractivity contribution in [3.05, 3.63) is 71.6 Å². The van der Waals surface area contributed by atoms with Gasteiger partial charge in [-0.3, -0.25) is 9.59 Å². The number of nitrogens with one attached hydrogen (secondary N) is 4. The van der Waals surface area contributed by atoms with Crippen LogP contribution >= 0.6 is 0 Å².